The number of ether oxygens (including phenoxy) is 1. The summed E-state index contributed by atoms with van der Waals surface area (Å²) in [4.78, 5) is 16.5. The fourth-order valence-electron chi connectivity index (χ4n) is 2.15. The van der Waals surface area contributed by atoms with Crippen LogP contribution in [0.3, 0.4) is 0 Å². The van der Waals surface area contributed by atoms with E-state index >= 15 is 0 Å². The highest BCUT2D eigenvalue weighted by atomic mass is 35.5. The maximum Gasteiger partial charge on any atom is 0.338 e. The van der Waals surface area contributed by atoms with Crippen LogP contribution in [0.15, 0.2) is 52.9 Å². The second-order valence-corrected chi connectivity index (χ2v) is 5.61. The molecule has 5 nitrogen and oxygen atoms in total. The first-order valence-electron chi connectivity index (χ1n) is 7.28. The van der Waals surface area contributed by atoms with Gasteiger partial charge in [-0.3, -0.25) is 0 Å². The molecule has 0 aliphatic heterocycles. The number of aromatic nitrogens is 1. The number of rotatable bonds is 4. The number of nitrogens with two attached hydrogens (primary N) is 1. The van der Waals surface area contributed by atoms with Crippen molar-refractivity contribution in [3.8, 4) is 11.5 Å². The maximum absolute atomic E-state index is 12.1. The minimum atomic E-state index is -0.498. The van der Waals surface area contributed by atoms with Gasteiger partial charge in [0, 0.05) is 5.56 Å². The number of esters is 1. The van der Waals surface area contributed by atoms with E-state index in [2.05, 4.69) is 4.98 Å². The van der Waals surface area contributed by atoms with E-state index in [4.69, 9.17) is 26.5 Å². The standard InChI is InChI=1S/C18H15ClN2O3/c1-11-16(21-17(24-11)12-5-3-2-4-6-12)10-23-18(22)13-7-8-14(19)15(20)9-13/h2-9H,10,20H2,1H3. The molecule has 24 heavy (non-hydrogen) atoms. The number of oxazole rings is 1. The van der Waals surface area contributed by atoms with Crippen LogP contribution >= 0.6 is 11.6 Å². The number of nitrogen functional groups attached to an aromatic ring is 1. The van der Waals surface area contributed by atoms with Crippen LogP contribution in [0.5, 0.6) is 0 Å². The molecule has 3 aromatic rings. The normalized spacial score (nSPS) is 10.6. The largest absolute Gasteiger partial charge is 0.455 e. The van der Waals surface area contributed by atoms with Gasteiger partial charge in [0.2, 0.25) is 5.89 Å². The summed E-state index contributed by atoms with van der Waals surface area (Å²) in [7, 11) is 0. The summed E-state index contributed by atoms with van der Waals surface area (Å²) in [5, 5.41) is 0.395. The molecule has 2 N–H and O–H groups in total. The van der Waals surface area contributed by atoms with Crippen molar-refractivity contribution >= 4 is 23.3 Å². The summed E-state index contributed by atoms with van der Waals surface area (Å²) < 4.78 is 10.9. The van der Waals surface area contributed by atoms with Gasteiger partial charge in [0.05, 0.1) is 16.3 Å². The lowest BCUT2D eigenvalue weighted by Gasteiger charge is -2.05. The van der Waals surface area contributed by atoms with Crippen molar-refractivity contribution < 1.29 is 13.9 Å². The molecule has 0 aliphatic carbocycles. The van der Waals surface area contributed by atoms with Crippen LogP contribution < -0.4 is 5.73 Å². The monoisotopic (exact) mass is 342 g/mol. The van der Waals surface area contributed by atoms with Crippen molar-refractivity contribution in [2.45, 2.75) is 13.5 Å². The summed E-state index contributed by atoms with van der Waals surface area (Å²) in [6.45, 7) is 1.80. The van der Waals surface area contributed by atoms with E-state index in [1.54, 1.807) is 19.1 Å². The second-order valence-electron chi connectivity index (χ2n) is 5.20. The Hall–Kier alpha value is -2.79. The molecule has 0 saturated heterocycles. The fourth-order valence-corrected chi connectivity index (χ4v) is 2.27. The van der Waals surface area contributed by atoms with Gasteiger partial charge in [-0.25, -0.2) is 9.78 Å². The van der Waals surface area contributed by atoms with E-state index in [1.165, 1.54) is 6.07 Å². The van der Waals surface area contributed by atoms with Gasteiger partial charge in [0.1, 0.15) is 18.1 Å². The van der Waals surface area contributed by atoms with Gasteiger partial charge in [-0.15, -0.1) is 0 Å². The fraction of sp³-hybridized carbons (Fsp3) is 0.111. The number of carbonyl (C=O) groups excluding carboxylic acids is 1. The molecule has 1 aromatic heterocycles. The van der Waals surface area contributed by atoms with Gasteiger partial charge in [-0.05, 0) is 37.3 Å². The minimum Gasteiger partial charge on any atom is -0.455 e. The zero-order valence-electron chi connectivity index (χ0n) is 13.0. The van der Waals surface area contributed by atoms with E-state index in [1.807, 2.05) is 30.3 Å². The third-order valence-electron chi connectivity index (χ3n) is 3.49. The van der Waals surface area contributed by atoms with Crippen LogP contribution in [-0.2, 0) is 11.3 Å². The molecule has 122 valence electrons. The zero-order valence-corrected chi connectivity index (χ0v) is 13.7. The van der Waals surface area contributed by atoms with Gasteiger partial charge >= 0.3 is 5.97 Å². The third-order valence-corrected chi connectivity index (χ3v) is 3.83. The summed E-state index contributed by atoms with van der Waals surface area (Å²) in [5.41, 5.74) is 7.79. The Bertz CT molecular complexity index is 875. The molecule has 1 heterocycles. The summed E-state index contributed by atoms with van der Waals surface area (Å²) in [5.74, 6) is 0.606. The quantitative estimate of drug-likeness (QED) is 0.566. The molecule has 0 radical (unpaired) electrons. The van der Waals surface area contributed by atoms with E-state index in [-0.39, 0.29) is 6.61 Å². The summed E-state index contributed by atoms with van der Waals surface area (Å²) in [6.07, 6.45) is 0. The SMILES string of the molecule is Cc1oc(-c2ccccc2)nc1COC(=O)c1ccc(Cl)c(N)c1. The van der Waals surface area contributed by atoms with Gasteiger partial charge in [-0.1, -0.05) is 29.8 Å². The Morgan fingerprint density at radius 3 is 2.71 bits per heavy atom. The Morgan fingerprint density at radius 2 is 2.00 bits per heavy atom. The molecule has 0 atom stereocenters. The van der Waals surface area contributed by atoms with Crippen molar-refractivity contribution in [1.29, 1.82) is 0 Å². The van der Waals surface area contributed by atoms with Crippen LogP contribution in [0.4, 0.5) is 5.69 Å². The molecule has 0 spiro atoms. The molecule has 0 amide bonds. The molecule has 6 heteroatoms. The number of carbonyl (C=O) groups is 1. The predicted molar refractivity (Wildman–Crippen MR) is 91.7 cm³/mol. The van der Waals surface area contributed by atoms with Gasteiger partial charge in [0.25, 0.3) is 0 Å². The van der Waals surface area contributed by atoms with E-state index in [0.29, 0.717) is 33.6 Å². The predicted octanol–water partition coefficient (Wildman–Crippen LogP) is 4.24. The average molecular weight is 343 g/mol. The highest BCUT2D eigenvalue weighted by Crippen LogP contribution is 2.23. The van der Waals surface area contributed by atoms with Gasteiger partial charge < -0.3 is 14.9 Å². The number of anilines is 1. The van der Waals surface area contributed by atoms with Crippen LogP contribution in [0.25, 0.3) is 11.5 Å². The van der Waals surface area contributed by atoms with Crippen molar-refractivity contribution in [1.82, 2.24) is 4.98 Å². The number of nitrogens with zero attached hydrogens (tertiary/aromatic N) is 1. The smallest absolute Gasteiger partial charge is 0.338 e. The highest BCUT2D eigenvalue weighted by Gasteiger charge is 2.14. The lowest BCUT2D eigenvalue weighted by molar-refractivity contribution is 0.0467. The number of halogens is 1. The Kier molecular flexibility index (Phi) is 4.53. The number of aryl methyl sites for hydroxylation is 1. The van der Waals surface area contributed by atoms with Crippen molar-refractivity contribution in [3.05, 3.63) is 70.6 Å². The molecule has 2 aromatic carbocycles. The van der Waals surface area contributed by atoms with E-state index < -0.39 is 5.97 Å². The second kappa shape index (κ2) is 6.76. The highest BCUT2D eigenvalue weighted by molar-refractivity contribution is 6.33. The Morgan fingerprint density at radius 1 is 1.25 bits per heavy atom. The topological polar surface area (TPSA) is 78.4 Å². The zero-order chi connectivity index (χ0) is 17.1. The molecule has 0 bridgehead atoms. The summed E-state index contributed by atoms with van der Waals surface area (Å²) in [6, 6.07) is 14.1. The summed E-state index contributed by atoms with van der Waals surface area (Å²) >= 11 is 5.84. The number of hydrogen-bond donors (Lipinski definition) is 1. The minimum absolute atomic E-state index is 0.0174. The van der Waals surface area contributed by atoms with Crippen molar-refractivity contribution in [3.63, 3.8) is 0 Å². The molecule has 0 saturated carbocycles. The average Bonchev–Trinajstić information content (AvgIpc) is 2.97. The Balaban J connectivity index is 1.71. The maximum atomic E-state index is 12.1. The van der Waals surface area contributed by atoms with Crippen LogP contribution in [0, 0.1) is 6.92 Å². The lowest BCUT2D eigenvalue weighted by Crippen LogP contribution is -2.06. The van der Waals surface area contributed by atoms with Gasteiger partial charge in [0.15, 0.2) is 0 Å². The lowest BCUT2D eigenvalue weighted by atomic mass is 10.2. The van der Waals surface area contributed by atoms with Gasteiger partial charge in [-0.2, -0.15) is 0 Å². The van der Waals surface area contributed by atoms with Crippen LogP contribution in [0.1, 0.15) is 21.8 Å². The van der Waals surface area contributed by atoms with Crippen molar-refractivity contribution in [2.24, 2.45) is 0 Å². The molecule has 0 fully saturated rings. The van der Waals surface area contributed by atoms with Crippen LogP contribution in [-0.4, -0.2) is 11.0 Å². The molecular formula is C18H15ClN2O3. The van der Waals surface area contributed by atoms with Crippen molar-refractivity contribution in [2.75, 3.05) is 5.73 Å². The van der Waals surface area contributed by atoms with Crippen LogP contribution in [0.2, 0.25) is 5.02 Å². The van der Waals surface area contributed by atoms with E-state index in [0.717, 1.165) is 5.56 Å². The Labute approximate surface area is 144 Å². The first kappa shape index (κ1) is 16.1. The number of hydrogen-bond acceptors (Lipinski definition) is 5. The molecule has 0 aliphatic rings. The molecular weight excluding hydrogens is 328 g/mol. The molecule has 3 rings (SSSR count). The third kappa shape index (κ3) is 3.41. The number of benzene rings is 2. The van der Waals surface area contributed by atoms with E-state index in [9.17, 15) is 4.79 Å². The first-order valence-corrected chi connectivity index (χ1v) is 7.66. The first-order chi connectivity index (χ1) is 11.5. The molecule has 0 unspecified atom stereocenters.